The second-order valence-electron chi connectivity index (χ2n) is 6.09. The third-order valence-corrected chi connectivity index (χ3v) is 4.13. The molecule has 0 spiro atoms. The molecule has 5 heteroatoms. The third-order valence-electron chi connectivity index (χ3n) is 3.37. The normalized spacial score (nSPS) is 17.4. The average Bonchev–Trinajstić information content (AvgIpc) is 3.14. The molecule has 1 aliphatic carbocycles. The van der Waals surface area contributed by atoms with Crippen molar-refractivity contribution in [2.24, 2.45) is 5.92 Å². The van der Waals surface area contributed by atoms with Crippen LogP contribution in [0.2, 0.25) is 0 Å². The van der Waals surface area contributed by atoms with Crippen LogP contribution in [-0.4, -0.2) is 24.1 Å². The first-order valence-electron chi connectivity index (χ1n) is 6.67. The number of anilines is 1. The predicted octanol–water partition coefficient (Wildman–Crippen LogP) is 3.68. The maximum Gasteiger partial charge on any atom is 0.160 e. The Hall–Kier alpha value is -0.680. The average molecular weight is 328 g/mol. The van der Waals surface area contributed by atoms with Gasteiger partial charge in [0.25, 0.3) is 0 Å². The summed E-state index contributed by atoms with van der Waals surface area (Å²) < 4.78 is 6.54. The molecule has 1 aromatic rings. The molecule has 1 aliphatic rings. The van der Waals surface area contributed by atoms with Gasteiger partial charge in [-0.25, -0.2) is 9.97 Å². The minimum Gasteiger partial charge on any atom is -0.373 e. The van der Waals surface area contributed by atoms with E-state index < -0.39 is 0 Å². The summed E-state index contributed by atoms with van der Waals surface area (Å²) in [6.07, 6.45) is 2.43. The van der Waals surface area contributed by atoms with Crippen molar-refractivity contribution in [1.29, 1.82) is 0 Å². The Balaban J connectivity index is 2.50. The van der Waals surface area contributed by atoms with Crippen molar-refractivity contribution in [3.05, 3.63) is 16.0 Å². The molecule has 1 saturated carbocycles. The first-order chi connectivity index (χ1) is 8.88. The number of ether oxygens (including phenoxy) is 1. The highest BCUT2D eigenvalue weighted by atomic mass is 79.9. The molecular weight excluding hydrogens is 306 g/mol. The molecule has 1 unspecified atom stereocenters. The fourth-order valence-electron chi connectivity index (χ4n) is 2.16. The lowest BCUT2D eigenvalue weighted by Gasteiger charge is -2.23. The number of hydrogen-bond acceptors (Lipinski definition) is 4. The van der Waals surface area contributed by atoms with E-state index in [0.29, 0.717) is 5.92 Å². The van der Waals surface area contributed by atoms with Crippen LogP contribution in [0.15, 0.2) is 4.47 Å². The van der Waals surface area contributed by atoms with E-state index in [9.17, 15) is 0 Å². The van der Waals surface area contributed by atoms with Crippen molar-refractivity contribution in [3.63, 3.8) is 0 Å². The first kappa shape index (κ1) is 14.7. The standard InChI is InChI=1S/C14H22BrN3O/c1-14(2,3)11-9(15)12(16-4)18-13(17-11)10(19-5)8-6-7-8/h8,10H,6-7H2,1-5H3,(H,16,17,18). The number of rotatable bonds is 4. The molecule has 0 amide bonds. The maximum absolute atomic E-state index is 5.60. The van der Waals surface area contributed by atoms with E-state index in [0.717, 1.165) is 21.8 Å². The van der Waals surface area contributed by atoms with Gasteiger partial charge in [-0.1, -0.05) is 20.8 Å². The molecule has 1 N–H and O–H groups in total. The molecule has 1 atom stereocenters. The smallest absolute Gasteiger partial charge is 0.160 e. The highest BCUT2D eigenvalue weighted by Gasteiger charge is 2.36. The fraction of sp³-hybridized carbons (Fsp3) is 0.714. The van der Waals surface area contributed by atoms with Crippen LogP contribution >= 0.6 is 15.9 Å². The zero-order valence-corrected chi connectivity index (χ0v) is 13.8. The molecular formula is C14H22BrN3O. The van der Waals surface area contributed by atoms with Gasteiger partial charge in [0.2, 0.25) is 0 Å². The van der Waals surface area contributed by atoms with Crippen LogP contribution in [0.3, 0.4) is 0 Å². The predicted molar refractivity (Wildman–Crippen MR) is 80.5 cm³/mol. The highest BCUT2D eigenvalue weighted by Crippen LogP contribution is 2.43. The van der Waals surface area contributed by atoms with Gasteiger partial charge in [-0.2, -0.15) is 0 Å². The second-order valence-corrected chi connectivity index (χ2v) is 6.88. The molecule has 0 aliphatic heterocycles. The van der Waals surface area contributed by atoms with E-state index in [1.807, 2.05) is 7.05 Å². The summed E-state index contributed by atoms with van der Waals surface area (Å²) >= 11 is 3.61. The van der Waals surface area contributed by atoms with E-state index in [4.69, 9.17) is 9.72 Å². The van der Waals surface area contributed by atoms with Crippen LogP contribution in [0.4, 0.5) is 5.82 Å². The molecule has 0 radical (unpaired) electrons. The van der Waals surface area contributed by atoms with Gasteiger partial charge in [-0.05, 0) is 34.7 Å². The van der Waals surface area contributed by atoms with Crippen LogP contribution in [0, 0.1) is 5.92 Å². The van der Waals surface area contributed by atoms with Gasteiger partial charge in [-0.15, -0.1) is 0 Å². The topological polar surface area (TPSA) is 47.0 Å². The van der Waals surface area contributed by atoms with Crippen LogP contribution in [0.25, 0.3) is 0 Å². The van der Waals surface area contributed by atoms with E-state index in [1.165, 1.54) is 12.8 Å². The molecule has 19 heavy (non-hydrogen) atoms. The van der Waals surface area contributed by atoms with E-state index >= 15 is 0 Å². The van der Waals surface area contributed by atoms with Crippen molar-refractivity contribution < 1.29 is 4.74 Å². The molecule has 4 nitrogen and oxygen atoms in total. The van der Waals surface area contributed by atoms with Crippen molar-refractivity contribution in [3.8, 4) is 0 Å². The van der Waals surface area contributed by atoms with Gasteiger partial charge in [0.15, 0.2) is 5.82 Å². The zero-order chi connectivity index (χ0) is 14.2. The lowest BCUT2D eigenvalue weighted by molar-refractivity contribution is 0.0769. The van der Waals surface area contributed by atoms with Gasteiger partial charge in [0.05, 0.1) is 10.2 Å². The first-order valence-corrected chi connectivity index (χ1v) is 7.46. The Labute approximate surface area is 123 Å². The molecule has 1 aromatic heterocycles. The molecule has 0 bridgehead atoms. The summed E-state index contributed by atoms with van der Waals surface area (Å²) in [6.45, 7) is 6.47. The summed E-state index contributed by atoms with van der Waals surface area (Å²) in [5, 5.41) is 3.13. The van der Waals surface area contributed by atoms with Gasteiger partial charge in [0, 0.05) is 19.6 Å². The third kappa shape index (κ3) is 3.08. The van der Waals surface area contributed by atoms with Crippen LogP contribution in [0.1, 0.15) is 51.2 Å². The monoisotopic (exact) mass is 327 g/mol. The number of hydrogen-bond donors (Lipinski definition) is 1. The lowest BCUT2D eigenvalue weighted by atomic mass is 9.91. The largest absolute Gasteiger partial charge is 0.373 e. The number of nitrogens with one attached hydrogen (secondary N) is 1. The molecule has 0 aromatic carbocycles. The van der Waals surface area contributed by atoms with Crippen LogP contribution < -0.4 is 5.32 Å². The second kappa shape index (κ2) is 5.37. The maximum atomic E-state index is 5.60. The summed E-state index contributed by atoms with van der Waals surface area (Å²) in [5.74, 6) is 2.20. The molecule has 1 heterocycles. The van der Waals surface area contributed by atoms with Crippen LogP contribution in [0.5, 0.6) is 0 Å². The Bertz CT molecular complexity index is 466. The van der Waals surface area contributed by atoms with Crippen LogP contribution in [-0.2, 0) is 10.2 Å². The van der Waals surface area contributed by atoms with Gasteiger partial charge in [-0.3, -0.25) is 0 Å². The van der Waals surface area contributed by atoms with E-state index in [1.54, 1.807) is 7.11 Å². The summed E-state index contributed by atoms with van der Waals surface area (Å²) in [6, 6.07) is 0. The Morgan fingerprint density at radius 3 is 2.37 bits per heavy atom. The fourth-order valence-corrected chi connectivity index (χ4v) is 3.13. The van der Waals surface area contributed by atoms with Crippen molar-refractivity contribution in [2.45, 2.75) is 45.1 Å². The van der Waals surface area contributed by atoms with Gasteiger partial charge < -0.3 is 10.1 Å². The SMILES string of the molecule is CNc1nc(C(OC)C2CC2)nc(C(C)(C)C)c1Br. The quantitative estimate of drug-likeness (QED) is 0.916. The summed E-state index contributed by atoms with van der Waals surface area (Å²) in [5.41, 5.74) is 0.980. The highest BCUT2D eigenvalue weighted by molar-refractivity contribution is 9.10. The van der Waals surface area contributed by atoms with Gasteiger partial charge in [0.1, 0.15) is 11.9 Å². The van der Waals surface area contributed by atoms with Crippen molar-refractivity contribution >= 4 is 21.7 Å². The molecule has 0 saturated heterocycles. The lowest BCUT2D eigenvalue weighted by Crippen LogP contribution is -2.20. The summed E-state index contributed by atoms with van der Waals surface area (Å²) in [4.78, 5) is 9.36. The zero-order valence-electron chi connectivity index (χ0n) is 12.2. The van der Waals surface area contributed by atoms with Crippen molar-refractivity contribution in [1.82, 2.24) is 9.97 Å². The number of methoxy groups -OCH3 is 1. The molecule has 2 rings (SSSR count). The van der Waals surface area contributed by atoms with Crippen molar-refractivity contribution in [2.75, 3.05) is 19.5 Å². The Morgan fingerprint density at radius 2 is 1.95 bits per heavy atom. The molecule has 106 valence electrons. The molecule has 1 fully saturated rings. The number of aromatic nitrogens is 2. The van der Waals surface area contributed by atoms with E-state index in [2.05, 4.69) is 47.0 Å². The minimum atomic E-state index is -0.0377. The van der Waals surface area contributed by atoms with Gasteiger partial charge >= 0.3 is 0 Å². The Morgan fingerprint density at radius 1 is 1.32 bits per heavy atom. The number of nitrogens with zero attached hydrogens (tertiary/aromatic N) is 2. The Kier molecular flexibility index (Phi) is 4.16. The van der Waals surface area contributed by atoms with E-state index in [-0.39, 0.29) is 11.5 Å². The minimum absolute atomic E-state index is 0.0151. The summed E-state index contributed by atoms with van der Waals surface area (Å²) in [7, 11) is 3.62. The number of halogens is 1.